The van der Waals surface area contributed by atoms with Crippen LogP contribution in [0.5, 0.6) is 0 Å². The molecule has 1 aromatic heterocycles. The summed E-state index contributed by atoms with van der Waals surface area (Å²) in [6.07, 6.45) is 6.62. The van der Waals surface area contributed by atoms with E-state index in [2.05, 4.69) is 15.3 Å². The van der Waals surface area contributed by atoms with Crippen molar-refractivity contribution in [3.05, 3.63) is 24.3 Å². The summed E-state index contributed by atoms with van der Waals surface area (Å²) < 4.78 is 0. The lowest BCUT2D eigenvalue weighted by Gasteiger charge is -2.32. The molecule has 0 radical (unpaired) electrons. The van der Waals surface area contributed by atoms with Crippen molar-refractivity contribution in [2.45, 2.75) is 19.8 Å². The topological polar surface area (TPSA) is 54.9 Å². The van der Waals surface area contributed by atoms with Crippen LogP contribution in [-0.4, -0.2) is 28.8 Å². The first-order valence-electron chi connectivity index (χ1n) is 5.23. The Hall–Kier alpha value is -1.29. The molecule has 15 heavy (non-hydrogen) atoms. The van der Waals surface area contributed by atoms with E-state index in [1.165, 1.54) is 6.33 Å². The first-order chi connectivity index (χ1) is 7.22. The Morgan fingerprint density at radius 2 is 2.20 bits per heavy atom. The van der Waals surface area contributed by atoms with E-state index >= 15 is 0 Å². The highest BCUT2D eigenvalue weighted by molar-refractivity contribution is 6.00. The summed E-state index contributed by atoms with van der Waals surface area (Å²) in [6, 6.07) is 0. The summed E-state index contributed by atoms with van der Waals surface area (Å²) in [5.74, 6) is 0.148. The van der Waals surface area contributed by atoms with Crippen LogP contribution in [0.15, 0.2) is 18.7 Å². The molecule has 0 aliphatic carbocycles. The van der Waals surface area contributed by atoms with Crippen LogP contribution in [0.4, 0.5) is 0 Å². The number of aromatic nitrogens is 2. The van der Waals surface area contributed by atoms with Crippen LogP contribution in [0, 0.1) is 5.41 Å². The number of nitrogens with one attached hydrogen (secondary N) is 1. The lowest BCUT2D eigenvalue weighted by atomic mass is 9.77. The number of nitrogens with zero attached hydrogens (tertiary/aromatic N) is 2. The van der Waals surface area contributed by atoms with Crippen molar-refractivity contribution in [3.63, 3.8) is 0 Å². The van der Waals surface area contributed by atoms with Crippen LogP contribution in [-0.2, 0) is 0 Å². The molecule has 0 bridgehead atoms. The molecule has 1 aromatic rings. The summed E-state index contributed by atoms with van der Waals surface area (Å²) in [5, 5.41) is 3.26. The van der Waals surface area contributed by atoms with E-state index in [-0.39, 0.29) is 11.2 Å². The lowest BCUT2D eigenvalue weighted by molar-refractivity contribution is 0.0772. The third kappa shape index (κ3) is 2.04. The molecule has 1 unspecified atom stereocenters. The normalized spacial score (nSPS) is 26.2. The summed E-state index contributed by atoms with van der Waals surface area (Å²) in [6.45, 7) is 3.77. The van der Waals surface area contributed by atoms with Gasteiger partial charge in [-0.15, -0.1) is 0 Å². The highest BCUT2D eigenvalue weighted by atomic mass is 16.1. The van der Waals surface area contributed by atoms with Gasteiger partial charge in [-0.2, -0.15) is 0 Å². The molecule has 0 spiro atoms. The van der Waals surface area contributed by atoms with Crippen LogP contribution in [0.1, 0.15) is 30.1 Å². The van der Waals surface area contributed by atoms with E-state index < -0.39 is 0 Å². The average molecular weight is 205 g/mol. The molecule has 1 saturated heterocycles. The molecule has 2 rings (SSSR count). The van der Waals surface area contributed by atoms with Gasteiger partial charge >= 0.3 is 0 Å². The van der Waals surface area contributed by atoms with Crippen molar-refractivity contribution in [1.29, 1.82) is 0 Å². The largest absolute Gasteiger partial charge is 0.316 e. The number of ketones is 1. The summed E-state index contributed by atoms with van der Waals surface area (Å²) in [5.41, 5.74) is 0.326. The zero-order chi connectivity index (χ0) is 10.7. The van der Waals surface area contributed by atoms with Gasteiger partial charge in [0.25, 0.3) is 0 Å². The second kappa shape index (κ2) is 4.06. The van der Waals surface area contributed by atoms with Crippen LogP contribution >= 0.6 is 0 Å². The maximum atomic E-state index is 12.2. The molecule has 80 valence electrons. The zero-order valence-electron chi connectivity index (χ0n) is 8.86. The van der Waals surface area contributed by atoms with E-state index in [0.717, 1.165) is 25.9 Å². The summed E-state index contributed by atoms with van der Waals surface area (Å²) in [7, 11) is 0. The Kier molecular flexibility index (Phi) is 2.77. The van der Waals surface area contributed by atoms with Crippen molar-refractivity contribution in [2.75, 3.05) is 13.1 Å². The number of hydrogen-bond donors (Lipinski definition) is 1. The van der Waals surface area contributed by atoms with Gasteiger partial charge in [-0.05, 0) is 19.4 Å². The van der Waals surface area contributed by atoms with Crippen molar-refractivity contribution in [2.24, 2.45) is 5.41 Å². The van der Waals surface area contributed by atoms with Crippen LogP contribution in [0.25, 0.3) is 0 Å². The molecule has 1 N–H and O–H groups in total. The van der Waals surface area contributed by atoms with Crippen molar-refractivity contribution >= 4 is 5.78 Å². The standard InChI is InChI=1S/C11H15N3O/c1-11(3-2-4-12-7-11)10(15)9-5-13-8-14-6-9/h5-6,8,12H,2-4,7H2,1H3. The SMILES string of the molecule is CC1(C(=O)c2cncnc2)CCCNC1. The van der Waals surface area contributed by atoms with Gasteiger partial charge in [0.05, 0.1) is 5.56 Å². The third-order valence-corrected chi connectivity index (χ3v) is 2.97. The second-order valence-electron chi connectivity index (χ2n) is 4.30. The number of rotatable bonds is 2. The van der Waals surface area contributed by atoms with Gasteiger partial charge < -0.3 is 5.32 Å². The molecule has 1 aliphatic rings. The predicted molar refractivity (Wildman–Crippen MR) is 56.6 cm³/mol. The number of Topliss-reactive ketones (excluding diaryl/α,β-unsaturated/α-hetero) is 1. The molecule has 0 amide bonds. The van der Waals surface area contributed by atoms with Crippen molar-refractivity contribution in [1.82, 2.24) is 15.3 Å². The highest BCUT2D eigenvalue weighted by Gasteiger charge is 2.35. The molecular weight excluding hydrogens is 190 g/mol. The van der Waals surface area contributed by atoms with Gasteiger partial charge in [0.2, 0.25) is 0 Å². The Morgan fingerprint density at radius 3 is 2.80 bits per heavy atom. The zero-order valence-corrected chi connectivity index (χ0v) is 8.86. The van der Waals surface area contributed by atoms with Gasteiger partial charge in [-0.3, -0.25) is 4.79 Å². The van der Waals surface area contributed by atoms with Gasteiger partial charge in [-0.25, -0.2) is 9.97 Å². The first-order valence-corrected chi connectivity index (χ1v) is 5.23. The Labute approximate surface area is 89.1 Å². The molecule has 1 fully saturated rings. The van der Waals surface area contributed by atoms with Crippen molar-refractivity contribution < 1.29 is 4.79 Å². The smallest absolute Gasteiger partial charge is 0.173 e. The highest BCUT2D eigenvalue weighted by Crippen LogP contribution is 2.29. The minimum Gasteiger partial charge on any atom is -0.316 e. The molecule has 2 heterocycles. The van der Waals surface area contributed by atoms with Crippen LogP contribution in [0.2, 0.25) is 0 Å². The summed E-state index contributed by atoms with van der Waals surface area (Å²) >= 11 is 0. The molecule has 4 nitrogen and oxygen atoms in total. The van der Waals surface area contributed by atoms with Crippen molar-refractivity contribution in [3.8, 4) is 0 Å². The monoisotopic (exact) mass is 205 g/mol. The summed E-state index contributed by atoms with van der Waals surface area (Å²) in [4.78, 5) is 20.0. The molecule has 0 saturated carbocycles. The maximum absolute atomic E-state index is 12.2. The fraction of sp³-hybridized carbons (Fsp3) is 0.545. The van der Waals surface area contributed by atoms with Gasteiger partial charge in [-0.1, -0.05) is 6.92 Å². The molecule has 4 heteroatoms. The van der Waals surface area contributed by atoms with Crippen LogP contribution < -0.4 is 5.32 Å². The lowest BCUT2D eigenvalue weighted by Crippen LogP contribution is -2.43. The maximum Gasteiger partial charge on any atom is 0.173 e. The first kappa shape index (κ1) is 10.2. The molecular formula is C11H15N3O. The fourth-order valence-electron chi connectivity index (χ4n) is 2.01. The second-order valence-corrected chi connectivity index (χ2v) is 4.30. The number of piperidine rings is 1. The Bertz CT molecular complexity index is 344. The third-order valence-electron chi connectivity index (χ3n) is 2.97. The van der Waals surface area contributed by atoms with E-state index in [1.54, 1.807) is 12.4 Å². The fourth-order valence-corrected chi connectivity index (χ4v) is 2.01. The molecule has 0 aromatic carbocycles. The Balaban J connectivity index is 2.20. The molecule has 1 aliphatic heterocycles. The van der Waals surface area contributed by atoms with E-state index in [1.807, 2.05) is 6.92 Å². The number of hydrogen-bond acceptors (Lipinski definition) is 4. The predicted octanol–water partition coefficient (Wildman–Crippen LogP) is 1.05. The van der Waals surface area contributed by atoms with Gasteiger partial charge in [0, 0.05) is 24.4 Å². The van der Waals surface area contributed by atoms with Gasteiger partial charge in [0.1, 0.15) is 6.33 Å². The number of carbonyl (C=O) groups excluding carboxylic acids is 1. The minimum absolute atomic E-state index is 0.148. The average Bonchev–Trinajstić information content (AvgIpc) is 2.30. The minimum atomic E-state index is -0.289. The van der Waals surface area contributed by atoms with Crippen LogP contribution in [0.3, 0.4) is 0 Å². The Morgan fingerprint density at radius 1 is 1.47 bits per heavy atom. The number of carbonyl (C=O) groups is 1. The van der Waals surface area contributed by atoms with E-state index in [4.69, 9.17) is 0 Å². The quantitative estimate of drug-likeness (QED) is 0.733. The van der Waals surface area contributed by atoms with Gasteiger partial charge in [0.15, 0.2) is 5.78 Å². The molecule has 1 atom stereocenters. The van der Waals surface area contributed by atoms with E-state index in [0.29, 0.717) is 5.56 Å². The van der Waals surface area contributed by atoms with E-state index in [9.17, 15) is 4.79 Å².